The van der Waals surface area contributed by atoms with Crippen LogP contribution in [0.15, 0.2) is 12.2 Å². The second-order valence-electron chi connectivity index (χ2n) is 12.9. The Morgan fingerprint density at radius 3 is 2.58 bits per heavy atom. The second-order valence-corrected chi connectivity index (χ2v) is 12.9. The average molecular weight is 457 g/mol. The van der Waals surface area contributed by atoms with Gasteiger partial charge < -0.3 is 14.6 Å². The van der Waals surface area contributed by atoms with Gasteiger partial charge in [-0.1, -0.05) is 27.7 Å². The van der Waals surface area contributed by atoms with Crippen LogP contribution >= 0.6 is 0 Å². The van der Waals surface area contributed by atoms with E-state index in [1.54, 1.807) is 12.2 Å². The maximum atomic E-state index is 13.3. The van der Waals surface area contributed by atoms with Gasteiger partial charge in [0.05, 0.1) is 17.4 Å². The maximum absolute atomic E-state index is 13.3. The number of carbonyl (C=O) groups is 2. The number of ether oxygens (including phenoxy) is 2. The van der Waals surface area contributed by atoms with Gasteiger partial charge in [0.1, 0.15) is 17.8 Å². The van der Waals surface area contributed by atoms with E-state index in [0.717, 1.165) is 25.7 Å². The molecule has 1 spiro atoms. The normalized spacial score (nSPS) is 57.9. The van der Waals surface area contributed by atoms with Gasteiger partial charge in [0.15, 0.2) is 5.78 Å². The molecule has 6 aliphatic rings. The van der Waals surface area contributed by atoms with Gasteiger partial charge in [0, 0.05) is 0 Å². The number of aliphatic hydroxyl groups is 1. The summed E-state index contributed by atoms with van der Waals surface area (Å²) in [6.45, 7) is 11.1. The van der Waals surface area contributed by atoms with Gasteiger partial charge in [-0.2, -0.15) is 0 Å². The minimum atomic E-state index is -0.692. The first-order chi connectivity index (χ1) is 15.6. The Labute approximate surface area is 197 Å². The van der Waals surface area contributed by atoms with Crippen LogP contribution in [-0.4, -0.2) is 40.8 Å². The summed E-state index contributed by atoms with van der Waals surface area (Å²) in [5, 5.41) is 10.8. The second kappa shape index (κ2) is 6.94. The molecule has 5 nitrogen and oxygen atoms in total. The predicted molar refractivity (Wildman–Crippen MR) is 123 cm³/mol. The van der Waals surface area contributed by atoms with E-state index in [1.165, 1.54) is 12.8 Å². The minimum absolute atomic E-state index is 0.00461. The number of ketones is 1. The zero-order valence-corrected chi connectivity index (χ0v) is 20.8. The van der Waals surface area contributed by atoms with Crippen LogP contribution in [0.4, 0.5) is 0 Å². The number of fused-ring (bicyclic) bond motifs is 4. The molecule has 0 bridgehead atoms. The van der Waals surface area contributed by atoms with Crippen LogP contribution in [0, 0.1) is 52.3 Å². The largest absolute Gasteiger partial charge is 0.462 e. The van der Waals surface area contributed by atoms with Crippen LogP contribution < -0.4 is 0 Å². The van der Waals surface area contributed by atoms with Crippen molar-refractivity contribution in [3.63, 3.8) is 0 Å². The number of hydrogen-bond acceptors (Lipinski definition) is 5. The number of rotatable bonds is 2. The van der Waals surface area contributed by atoms with Crippen molar-refractivity contribution < 1.29 is 24.2 Å². The maximum Gasteiger partial charge on any atom is 0.309 e. The first-order valence-electron chi connectivity index (χ1n) is 13.3. The van der Waals surface area contributed by atoms with Gasteiger partial charge in [-0.05, 0) is 98.5 Å². The summed E-state index contributed by atoms with van der Waals surface area (Å²) in [5.41, 5.74) is -1.11. The van der Waals surface area contributed by atoms with Gasteiger partial charge in [-0.3, -0.25) is 9.59 Å². The van der Waals surface area contributed by atoms with Crippen LogP contribution in [0.25, 0.3) is 0 Å². The average Bonchev–Trinajstić information content (AvgIpc) is 3.41. The fraction of sp³-hybridized carbons (Fsp3) is 0.857. The monoisotopic (exact) mass is 456 g/mol. The Balaban J connectivity index is 1.27. The molecule has 4 aliphatic carbocycles. The van der Waals surface area contributed by atoms with Crippen molar-refractivity contribution in [2.24, 2.45) is 52.3 Å². The lowest BCUT2D eigenvalue weighted by atomic mass is 9.44. The molecule has 0 unspecified atom stereocenters. The molecule has 0 radical (unpaired) electrons. The number of esters is 1. The Morgan fingerprint density at radius 1 is 1.09 bits per heavy atom. The standard InChI is InChI=1S/C28H40O5/c1-14-12-21(32-25(31)15(14)2)16(3)18-6-7-19-17-13-24-28(33-24)23(30)9-8-22(29)27(28,5)20(17)10-11-26(18,19)4/h8-9,14-21,23-24,30H,6-7,10-13H2,1-5H3/t14-,15+,16-,17-,18+,19-,20-,21+,23-,24+,26+,27-,28+/m0/s1. The van der Waals surface area contributed by atoms with Crippen LogP contribution in [0.3, 0.4) is 0 Å². The molecule has 0 aromatic carbocycles. The van der Waals surface area contributed by atoms with Gasteiger partial charge >= 0.3 is 5.97 Å². The zero-order valence-electron chi connectivity index (χ0n) is 20.8. The van der Waals surface area contributed by atoms with E-state index < -0.39 is 17.1 Å². The highest BCUT2D eigenvalue weighted by Crippen LogP contribution is 2.73. The van der Waals surface area contributed by atoms with Crippen molar-refractivity contribution in [2.45, 2.75) is 97.1 Å². The Kier molecular flexibility index (Phi) is 4.68. The highest BCUT2D eigenvalue weighted by Gasteiger charge is 2.80. The number of epoxide rings is 1. The smallest absolute Gasteiger partial charge is 0.309 e. The van der Waals surface area contributed by atoms with Gasteiger partial charge in [0.2, 0.25) is 0 Å². The number of cyclic esters (lactones) is 1. The van der Waals surface area contributed by atoms with Gasteiger partial charge in [-0.25, -0.2) is 0 Å². The minimum Gasteiger partial charge on any atom is -0.462 e. The fourth-order valence-electron chi connectivity index (χ4n) is 9.78. The molecule has 5 fully saturated rings. The van der Waals surface area contributed by atoms with E-state index in [9.17, 15) is 14.7 Å². The van der Waals surface area contributed by atoms with Crippen molar-refractivity contribution in [3.8, 4) is 0 Å². The number of hydrogen-bond donors (Lipinski definition) is 1. The molecule has 1 N–H and O–H groups in total. The highest BCUT2D eigenvalue weighted by molar-refractivity contribution is 5.98. The van der Waals surface area contributed by atoms with E-state index >= 15 is 0 Å². The Bertz CT molecular complexity index is 912. The first kappa shape index (κ1) is 22.3. The predicted octanol–water partition coefficient (Wildman–Crippen LogP) is 4.32. The fourth-order valence-corrected chi connectivity index (χ4v) is 9.78. The van der Waals surface area contributed by atoms with E-state index in [1.807, 2.05) is 6.92 Å². The third kappa shape index (κ3) is 2.62. The van der Waals surface area contributed by atoms with Crippen molar-refractivity contribution in [1.29, 1.82) is 0 Å². The zero-order chi connectivity index (χ0) is 23.5. The summed E-state index contributed by atoms with van der Waals surface area (Å²) in [6, 6.07) is 0. The Morgan fingerprint density at radius 2 is 1.85 bits per heavy atom. The quantitative estimate of drug-likeness (QED) is 0.495. The molecule has 33 heavy (non-hydrogen) atoms. The van der Waals surface area contributed by atoms with Crippen LogP contribution in [0.5, 0.6) is 0 Å². The molecule has 3 saturated carbocycles. The molecular formula is C28H40O5. The summed E-state index contributed by atoms with van der Waals surface area (Å²) < 4.78 is 12.2. The lowest BCUT2D eigenvalue weighted by Crippen LogP contribution is -2.63. The lowest BCUT2D eigenvalue weighted by Gasteiger charge is -2.58. The summed E-state index contributed by atoms with van der Waals surface area (Å²) in [6.07, 6.45) is 9.00. The molecule has 2 aliphatic heterocycles. The van der Waals surface area contributed by atoms with Crippen LogP contribution in [-0.2, 0) is 19.1 Å². The topological polar surface area (TPSA) is 76.1 Å². The highest BCUT2D eigenvalue weighted by atomic mass is 16.6. The third-order valence-corrected chi connectivity index (χ3v) is 12.0. The molecule has 182 valence electrons. The molecule has 0 aromatic heterocycles. The van der Waals surface area contributed by atoms with Crippen molar-refractivity contribution in [3.05, 3.63) is 12.2 Å². The molecule has 2 saturated heterocycles. The molecule has 2 heterocycles. The van der Waals surface area contributed by atoms with Gasteiger partial charge in [-0.15, -0.1) is 0 Å². The van der Waals surface area contributed by atoms with Crippen molar-refractivity contribution in [1.82, 2.24) is 0 Å². The van der Waals surface area contributed by atoms with E-state index in [2.05, 4.69) is 27.7 Å². The number of allylic oxidation sites excluding steroid dienone is 1. The molecule has 0 amide bonds. The van der Waals surface area contributed by atoms with Crippen molar-refractivity contribution >= 4 is 11.8 Å². The van der Waals surface area contributed by atoms with Crippen molar-refractivity contribution in [2.75, 3.05) is 0 Å². The number of carbonyl (C=O) groups excluding carboxylic acids is 2. The Hall–Kier alpha value is -1.20. The molecular weight excluding hydrogens is 416 g/mol. The summed E-state index contributed by atoms with van der Waals surface area (Å²) in [4.78, 5) is 25.8. The molecule has 5 heteroatoms. The van der Waals surface area contributed by atoms with E-state index in [0.29, 0.717) is 29.6 Å². The lowest BCUT2D eigenvalue weighted by molar-refractivity contribution is -0.171. The summed E-state index contributed by atoms with van der Waals surface area (Å²) in [5.74, 6) is 2.67. The SMILES string of the molecule is C[C@@H]([C@H]1CC[C@H]2[C@@H]3C[C@H]4O[C@]45[C@@H](O)C=CC(=O)[C@]5(C)[C@H]3CC[C@]12C)[C@H]1C[C@H](C)[C@@H](C)C(=O)O1. The number of aliphatic hydroxyl groups excluding tert-OH is 1. The van der Waals surface area contributed by atoms with Crippen LogP contribution in [0.1, 0.15) is 73.1 Å². The molecule has 13 atom stereocenters. The van der Waals surface area contributed by atoms with Gasteiger partial charge in [0.25, 0.3) is 0 Å². The summed E-state index contributed by atoms with van der Waals surface area (Å²) >= 11 is 0. The third-order valence-electron chi connectivity index (χ3n) is 12.0. The molecule has 0 aromatic rings. The van der Waals surface area contributed by atoms with E-state index in [-0.39, 0.29) is 41.2 Å². The summed E-state index contributed by atoms with van der Waals surface area (Å²) in [7, 11) is 0. The van der Waals surface area contributed by atoms with Crippen LogP contribution in [0.2, 0.25) is 0 Å². The van der Waals surface area contributed by atoms with E-state index in [4.69, 9.17) is 9.47 Å². The molecule has 6 rings (SSSR count). The first-order valence-corrected chi connectivity index (χ1v) is 13.3.